The van der Waals surface area contributed by atoms with Crippen molar-refractivity contribution in [1.29, 1.82) is 0 Å². The quantitative estimate of drug-likeness (QED) is 0.336. The molecule has 1 aliphatic rings. The average Bonchev–Trinajstić information content (AvgIpc) is 2.30. The lowest BCUT2D eigenvalue weighted by molar-refractivity contribution is -0.126. The molecule has 9 heteroatoms. The highest BCUT2D eigenvalue weighted by Crippen LogP contribution is 2.40. The van der Waals surface area contributed by atoms with Gasteiger partial charge in [-0.25, -0.2) is 4.57 Å². The number of rotatable bonds is 3. The van der Waals surface area contributed by atoms with E-state index in [1.54, 1.807) is 0 Å². The molecule has 0 aliphatic carbocycles. The molecule has 1 saturated heterocycles. The third-order valence-corrected chi connectivity index (χ3v) is 2.22. The minimum Gasteiger partial charge on any atom is -0.394 e. The van der Waals surface area contributed by atoms with E-state index in [0.717, 1.165) is 0 Å². The second-order valence-electron chi connectivity index (χ2n) is 2.80. The first kappa shape index (κ1) is 12.0. The number of aliphatic hydroxyl groups is 3. The van der Waals surface area contributed by atoms with Gasteiger partial charge >= 0.3 is 7.82 Å². The monoisotopic (exact) mass is 230 g/mol. The SMILES string of the molecule is O=P(O)(O)O[C@H]1O[C@@H](CO)[C@H](O)[C@@H]1O. The second kappa shape index (κ2) is 4.21. The summed E-state index contributed by atoms with van der Waals surface area (Å²) in [5.41, 5.74) is 0. The summed E-state index contributed by atoms with van der Waals surface area (Å²) in [6.45, 7) is -0.584. The Morgan fingerprint density at radius 1 is 1.29 bits per heavy atom. The summed E-state index contributed by atoms with van der Waals surface area (Å²) in [6.07, 6.45) is -5.78. The molecule has 5 N–H and O–H groups in total. The number of aliphatic hydroxyl groups excluding tert-OH is 3. The van der Waals surface area contributed by atoms with E-state index in [4.69, 9.17) is 25.1 Å². The van der Waals surface area contributed by atoms with Gasteiger partial charge in [0.05, 0.1) is 6.61 Å². The molecule has 84 valence electrons. The summed E-state index contributed by atoms with van der Waals surface area (Å²) in [6, 6.07) is 0. The van der Waals surface area contributed by atoms with Crippen LogP contribution in [0, 0.1) is 0 Å². The highest BCUT2D eigenvalue weighted by Gasteiger charge is 2.45. The van der Waals surface area contributed by atoms with Crippen molar-refractivity contribution in [2.75, 3.05) is 6.61 Å². The van der Waals surface area contributed by atoms with Crippen LogP contribution in [0.1, 0.15) is 0 Å². The molecule has 0 amide bonds. The molecule has 1 aliphatic heterocycles. The van der Waals surface area contributed by atoms with Gasteiger partial charge in [0.1, 0.15) is 18.3 Å². The van der Waals surface area contributed by atoms with Crippen molar-refractivity contribution < 1.29 is 38.9 Å². The van der Waals surface area contributed by atoms with Gasteiger partial charge < -0.3 is 29.8 Å². The number of phosphoric acid groups is 1. The fourth-order valence-corrected chi connectivity index (χ4v) is 1.53. The summed E-state index contributed by atoms with van der Waals surface area (Å²) in [4.78, 5) is 16.8. The van der Waals surface area contributed by atoms with Crippen LogP contribution < -0.4 is 0 Å². The number of hydrogen-bond donors (Lipinski definition) is 5. The van der Waals surface area contributed by atoms with Crippen molar-refractivity contribution in [3.05, 3.63) is 0 Å². The predicted molar refractivity (Wildman–Crippen MR) is 40.9 cm³/mol. The third-order valence-electron chi connectivity index (χ3n) is 1.74. The first-order valence-corrected chi connectivity index (χ1v) is 5.24. The summed E-state index contributed by atoms with van der Waals surface area (Å²) < 4.78 is 19.1. The molecule has 8 nitrogen and oxygen atoms in total. The molecule has 0 unspecified atom stereocenters. The molecule has 1 rings (SSSR count). The zero-order valence-electron chi connectivity index (χ0n) is 6.92. The van der Waals surface area contributed by atoms with Crippen molar-refractivity contribution in [3.8, 4) is 0 Å². The lowest BCUT2D eigenvalue weighted by Gasteiger charge is -2.15. The van der Waals surface area contributed by atoms with E-state index in [0.29, 0.717) is 0 Å². The minimum absolute atomic E-state index is 0.584. The molecule has 0 saturated carbocycles. The van der Waals surface area contributed by atoms with E-state index < -0.39 is 39.0 Å². The lowest BCUT2D eigenvalue weighted by Crippen LogP contribution is -2.34. The average molecular weight is 230 g/mol. The van der Waals surface area contributed by atoms with Crippen LogP contribution in [0.2, 0.25) is 0 Å². The Kier molecular flexibility index (Phi) is 3.62. The van der Waals surface area contributed by atoms with Crippen LogP contribution in [0.25, 0.3) is 0 Å². The van der Waals surface area contributed by atoms with Gasteiger partial charge in [-0.15, -0.1) is 0 Å². The molecule has 1 heterocycles. The Morgan fingerprint density at radius 2 is 1.86 bits per heavy atom. The first-order valence-electron chi connectivity index (χ1n) is 3.71. The molecule has 0 spiro atoms. The van der Waals surface area contributed by atoms with Gasteiger partial charge in [0.15, 0.2) is 6.29 Å². The van der Waals surface area contributed by atoms with Crippen LogP contribution in [0.4, 0.5) is 0 Å². The topological polar surface area (TPSA) is 137 Å². The molecule has 0 aromatic carbocycles. The maximum absolute atomic E-state index is 10.4. The van der Waals surface area contributed by atoms with E-state index in [1.807, 2.05) is 0 Å². The second-order valence-corrected chi connectivity index (χ2v) is 3.99. The summed E-state index contributed by atoms with van der Waals surface area (Å²) in [5, 5.41) is 26.9. The number of phosphoric ester groups is 1. The van der Waals surface area contributed by atoms with Crippen molar-refractivity contribution in [2.45, 2.75) is 24.6 Å². The minimum atomic E-state index is -4.79. The lowest BCUT2D eigenvalue weighted by atomic mass is 10.1. The van der Waals surface area contributed by atoms with Crippen LogP contribution in [0.5, 0.6) is 0 Å². The molecule has 0 radical (unpaired) electrons. The normalized spacial score (nSPS) is 38.9. The van der Waals surface area contributed by atoms with E-state index >= 15 is 0 Å². The van der Waals surface area contributed by atoms with E-state index in [-0.39, 0.29) is 0 Å². The Morgan fingerprint density at radius 3 is 2.21 bits per heavy atom. The van der Waals surface area contributed by atoms with Gasteiger partial charge in [-0.2, -0.15) is 0 Å². The van der Waals surface area contributed by atoms with E-state index in [1.165, 1.54) is 0 Å². The number of ether oxygens (including phenoxy) is 1. The Balaban J connectivity index is 2.61. The zero-order valence-corrected chi connectivity index (χ0v) is 7.82. The van der Waals surface area contributed by atoms with Gasteiger partial charge in [0.2, 0.25) is 0 Å². The standard InChI is InChI=1S/C5H11O8P/c6-1-2-3(7)4(8)5(12-2)13-14(9,10)11/h2-8H,1H2,(H2,9,10,11)/t2-,3-,4-,5+/m0/s1. The first-order chi connectivity index (χ1) is 6.35. The molecule has 14 heavy (non-hydrogen) atoms. The van der Waals surface area contributed by atoms with Crippen molar-refractivity contribution in [1.82, 2.24) is 0 Å². The van der Waals surface area contributed by atoms with Crippen LogP contribution in [-0.2, 0) is 13.8 Å². The summed E-state index contributed by atoms with van der Waals surface area (Å²) in [5.74, 6) is 0. The predicted octanol–water partition coefficient (Wildman–Crippen LogP) is -2.47. The highest BCUT2D eigenvalue weighted by atomic mass is 31.2. The smallest absolute Gasteiger partial charge is 0.394 e. The van der Waals surface area contributed by atoms with Crippen LogP contribution in [-0.4, -0.2) is 56.3 Å². The van der Waals surface area contributed by atoms with Gasteiger partial charge in [-0.05, 0) is 0 Å². The molecule has 0 aromatic rings. The summed E-state index contributed by atoms with van der Waals surface area (Å²) >= 11 is 0. The molecule has 0 bridgehead atoms. The molecular formula is C5H11O8P. The maximum atomic E-state index is 10.4. The van der Waals surface area contributed by atoms with Crippen molar-refractivity contribution in [2.24, 2.45) is 0 Å². The Bertz CT molecular complexity index is 238. The Hall–Kier alpha value is -0.0500. The van der Waals surface area contributed by atoms with Crippen LogP contribution >= 0.6 is 7.82 Å². The number of hydrogen-bond acceptors (Lipinski definition) is 6. The van der Waals surface area contributed by atoms with Crippen LogP contribution in [0.15, 0.2) is 0 Å². The Labute approximate surface area is 78.9 Å². The van der Waals surface area contributed by atoms with Gasteiger partial charge in [-0.1, -0.05) is 0 Å². The zero-order chi connectivity index (χ0) is 10.9. The van der Waals surface area contributed by atoms with Crippen LogP contribution in [0.3, 0.4) is 0 Å². The van der Waals surface area contributed by atoms with Crippen molar-refractivity contribution in [3.63, 3.8) is 0 Å². The fourth-order valence-electron chi connectivity index (χ4n) is 1.09. The summed E-state index contributed by atoms with van der Waals surface area (Å²) in [7, 11) is -4.79. The molecular weight excluding hydrogens is 219 g/mol. The fraction of sp³-hybridized carbons (Fsp3) is 1.00. The van der Waals surface area contributed by atoms with Crippen molar-refractivity contribution >= 4 is 7.82 Å². The van der Waals surface area contributed by atoms with Gasteiger partial charge in [0.25, 0.3) is 0 Å². The van der Waals surface area contributed by atoms with Gasteiger partial charge in [-0.3, -0.25) is 4.52 Å². The van der Waals surface area contributed by atoms with E-state index in [9.17, 15) is 4.57 Å². The molecule has 0 aromatic heterocycles. The molecule has 1 fully saturated rings. The highest BCUT2D eigenvalue weighted by molar-refractivity contribution is 7.46. The maximum Gasteiger partial charge on any atom is 0.472 e. The third kappa shape index (κ3) is 2.72. The largest absolute Gasteiger partial charge is 0.472 e. The van der Waals surface area contributed by atoms with Gasteiger partial charge in [0, 0.05) is 0 Å². The molecule has 4 atom stereocenters. The van der Waals surface area contributed by atoms with E-state index in [2.05, 4.69) is 9.26 Å².